The van der Waals surface area contributed by atoms with Crippen molar-refractivity contribution in [2.45, 2.75) is 102 Å². The molecule has 1 fully saturated rings. The average Bonchev–Trinajstić information content (AvgIpc) is 3.23. The first kappa shape index (κ1) is 35.8. The van der Waals surface area contributed by atoms with E-state index in [0.29, 0.717) is 51.5 Å². The molecule has 1 aromatic carbocycles. The van der Waals surface area contributed by atoms with Crippen LogP contribution in [0.2, 0.25) is 0 Å². The van der Waals surface area contributed by atoms with Crippen LogP contribution < -0.4 is 5.32 Å². The number of amides is 1. The molecule has 0 heterocycles. The first-order valence-electron chi connectivity index (χ1n) is 15.3. The smallest absolute Gasteiger partial charge is 0.434 e. The number of ether oxygens (including phenoxy) is 2. The van der Waals surface area contributed by atoms with Crippen molar-refractivity contribution in [3.8, 4) is 0 Å². The Labute approximate surface area is 254 Å². The van der Waals surface area contributed by atoms with Crippen LogP contribution in [0.3, 0.4) is 0 Å². The number of rotatable bonds is 20. The second-order valence-corrected chi connectivity index (χ2v) is 11.0. The van der Waals surface area contributed by atoms with Crippen molar-refractivity contribution in [1.29, 1.82) is 0 Å². The van der Waals surface area contributed by atoms with Crippen LogP contribution in [0.5, 0.6) is 0 Å². The van der Waals surface area contributed by atoms with Crippen molar-refractivity contribution in [3.63, 3.8) is 0 Å². The molecule has 1 amide bonds. The molecule has 1 saturated carbocycles. The molecule has 0 radical (unpaired) electrons. The number of hydrogen-bond donors (Lipinski definition) is 3. The van der Waals surface area contributed by atoms with Gasteiger partial charge in [0.05, 0.1) is 18.8 Å². The van der Waals surface area contributed by atoms with Gasteiger partial charge in [-0.15, -0.1) is 10.1 Å². The lowest BCUT2D eigenvalue weighted by Crippen LogP contribution is -2.22. The van der Waals surface area contributed by atoms with Gasteiger partial charge >= 0.3 is 6.16 Å². The summed E-state index contributed by atoms with van der Waals surface area (Å²) in [6, 6.07) is 9.82. The first-order valence-corrected chi connectivity index (χ1v) is 15.3. The van der Waals surface area contributed by atoms with Gasteiger partial charge in [0.25, 0.3) is 5.09 Å². The molecule has 0 aliphatic heterocycles. The summed E-state index contributed by atoms with van der Waals surface area (Å²) in [6.07, 6.45) is 9.86. The number of aryl methyl sites for hydroxylation is 1. The molecule has 43 heavy (non-hydrogen) atoms. The molecule has 3 N–H and O–H groups in total. The van der Waals surface area contributed by atoms with E-state index in [9.17, 15) is 29.9 Å². The summed E-state index contributed by atoms with van der Waals surface area (Å²) < 4.78 is 10.9. The van der Waals surface area contributed by atoms with Crippen molar-refractivity contribution in [3.05, 3.63) is 70.3 Å². The van der Waals surface area contributed by atoms with Crippen molar-refractivity contribution < 1.29 is 39.2 Å². The van der Waals surface area contributed by atoms with Gasteiger partial charge in [0, 0.05) is 25.3 Å². The Hall–Kier alpha value is -3.44. The topological polar surface area (TPSA) is 157 Å². The van der Waals surface area contributed by atoms with Gasteiger partial charge in [-0.1, -0.05) is 48.6 Å². The minimum Gasteiger partial charge on any atom is -0.434 e. The SMILES string of the molecule is CCNC(=O)CCCC=CC[C@@H]1[C@@H](C=C[C@H](CCc2ccccc2)OC(=O)OCCCC[C@H](C)O[N+](=O)[O-])[C@H](O)C[C@@H]1O. The Kier molecular flexibility index (Phi) is 17.0. The van der Waals surface area contributed by atoms with Crippen LogP contribution in [0.15, 0.2) is 54.6 Å². The van der Waals surface area contributed by atoms with Crippen LogP contribution in [-0.2, 0) is 25.5 Å². The first-order chi connectivity index (χ1) is 20.7. The fourth-order valence-corrected chi connectivity index (χ4v) is 5.19. The number of hydrogen-bond acceptors (Lipinski definition) is 9. The van der Waals surface area contributed by atoms with Crippen LogP contribution in [0.4, 0.5) is 4.79 Å². The second kappa shape index (κ2) is 20.5. The minimum absolute atomic E-state index is 0.0401. The van der Waals surface area contributed by atoms with E-state index in [1.165, 1.54) is 0 Å². The van der Waals surface area contributed by atoms with Crippen LogP contribution in [0.25, 0.3) is 0 Å². The average molecular weight is 605 g/mol. The summed E-state index contributed by atoms with van der Waals surface area (Å²) in [7, 11) is 0. The number of benzene rings is 1. The van der Waals surface area contributed by atoms with Crippen LogP contribution in [0.1, 0.15) is 77.2 Å². The van der Waals surface area contributed by atoms with Gasteiger partial charge < -0.3 is 29.8 Å². The molecule has 1 aliphatic carbocycles. The number of nitrogens with one attached hydrogen (secondary N) is 1. The van der Waals surface area contributed by atoms with E-state index in [0.717, 1.165) is 18.4 Å². The predicted octanol–water partition coefficient (Wildman–Crippen LogP) is 5.07. The molecule has 6 atom stereocenters. The highest BCUT2D eigenvalue weighted by molar-refractivity contribution is 5.75. The predicted molar refractivity (Wildman–Crippen MR) is 161 cm³/mol. The molecule has 0 spiro atoms. The lowest BCUT2D eigenvalue weighted by molar-refractivity contribution is -0.767. The Morgan fingerprint density at radius 3 is 2.60 bits per heavy atom. The van der Waals surface area contributed by atoms with Crippen molar-refractivity contribution in [2.24, 2.45) is 11.8 Å². The quantitative estimate of drug-likeness (QED) is 0.0607. The zero-order valence-electron chi connectivity index (χ0n) is 25.3. The summed E-state index contributed by atoms with van der Waals surface area (Å²) in [5.74, 6) is -0.454. The number of allylic oxidation sites excluding steroid dienone is 2. The normalized spacial score (nSPS) is 21.5. The highest BCUT2D eigenvalue weighted by Crippen LogP contribution is 2.36. The van der Waals surface area contributed by atoms with Gasteiger partial charge in [-0.3, -0.25) is 4.79 Å². The number of aliphatic hydroxyl groups is 2. The maximum atomic E-state index is 12.5. The van der Waals surface area contributed by atoms with Gasteiger partial charge in [0.1, 0.15) is 12.2 Å². The Morgan fingerprint density at radius 1 is 1.12 bits per heavy atom. The molecule has 0 saturated heterocycles. The summed E-state index contributed by atoms with van der Waals surface area (Å²) in [5, 5.41) is 33.7. The molecule has 11 heteroatoms. The highest BCUT2D eigenvalue weighted by Gasteiger charge is 2.39. The van der Waals surface area contributed by atoms with E-state index in [-0.39, 0.29) is 30.8 Å². The Bertz CT molecular complexity index is 1020. The third-order valence-corrected chi connectivity index (χ3v) is 7.49. The van der Waals surface area contributed by atoms with Gasteiger partial charge in [0.2, 0.25) is 5.91 Å². The van der Waals surface area contributed by atoms with E-state index < -0.39 is 35.7 Å². The van der Waals surface area contributed by atoms with Gasteiger partial charge in [-0.05, 0) is 82.8 Å². The van der Waals surface area contributed by atoms with Crippen LogP contribution in [0, 0.1) is 22.0 Å². The van der Waals surface area contributed by atoms with E-state index in [1.54, 1.807) is 13.0 Å². The molecule has 0 aromatic heterocycles. The standard InChI is InChI=1S/C32H48N2O9/c1-3-33-31(37)17-10-5-4-9-16-27-28(30(36)23-29(27)35)21-20-26(19-18-25-14-7-6-8-15-25)42-32(38)41-22-12-11-13-24(2)43-34(39)40/h4,6-9,14-15,20-21,24,26-30,35-36H,3,5,10-13,16-19,22-23H2,1-2H3,(H,33,37)/t24-,26-,27+,28+,29-,30+/m0/s1. The number of carbonyl (C=O) groups excluding carboxylic acids is 2. The Morgan fingerprint density at radius 2 is 1.88 bits per heavy atom. The fourth-order valence-electron chi connectivity index (χ4n) is 5.19. The molecule has 11 nitrogen and oxygen atoms in total. The van der Waals surface area contributed by atoms with Gasteiger partial charge in [-0.2, -0.15) is 0 Å². The van der Waals surface area contributed by atoms with Crippen molar-refractivity contribution in [2.75, 3.05) is 13.2 Å². The maximum absolute atomic E-state index is 12.5. The number of carbonyl (C=O) groups is 2. The summed E-state index contributed by atoms with van der Waals surface area (Å²) in [6.45, 7) is 4.24. The molecular weight excluding hydrogens is 556 g/mol. The minimum atomic E-state index is -0.815. The molecule has 1 aromatic rings. The zero-order chi connectivity index (χ0) is 31.5. The lowest BCUT2D eigenvalue weighted by Gasteiger charge is -2.21. The van der Waals surface area contributed by atoms with E-state index in [4.69, 9.17) is 9.47 Å². The van der Waals surface area contributed by atoms with E-state index in [2.05, 4.69) is 10.2 Å². The molecule has 2 rings (SSSR count). The van der Waals surface area contributed by atoms with E-state index in [1.807, 2.05) is 55.5 Å². The molecule has 240 valence electrons. The molecular formula is C32H48N2O9. The van der Waals surface area contributed by atoms with Gasteiger partial charge in [-0.25, -0.2) is 4.79 Å². The largest absolute Gasteiger partial charge is 0.508 e. The highest BCUT2D eigenvalue weighted by atomic mass is 17.0. The van der Waals surface area contributed by atoms with Crippen molar-refractivity contribution in [1.82, 2.24) is 5.32 Å². The summed E-state index contributed by atoms with van der Waals surface area (Å²) in [5.41, 5.74) is 1.09. The summed E-state index contributed by atoms with van der Waals surface area (Å²) >= 11 is 0. The Balaban J connectivity index is 1.92. The lowest BCUT2D eigenvalue weighted by atomic mass is 9.89. The number of aliphatic hydroxyl groups excluding tert-OH is 2. The third kappa shape index (κ3) is 15.0. The number of nitrogens with zero attached hydrogens (tertiary/aromatic N) is 1. The zero-order valence-corrected chi connectivity index (χ0v) is 25.3. The summed E-state index contributed by atoms with van der Waals surface area (Å²) in [4.78, 5) is 38.9. The van der Waals surface area contributed by atoms with Crippen LogP contribution in [-0.4, -0.2) is 64.9 Å². The van der Waals surface area contributed by atoms with E-state index >= 15 is 0 Å². The second-order valence-electron chi connectivity index (χ2n) is 11.0. The maximum Gasteiger partial charge on any atom is 0.508 e. The molecule has 0 unspecified atom stereocenters. The monoisotopic (exact) mass is 604 g/mol. The molecule has 1 aliphatic rings. The van der Waals surface area contributed by atoms with Crippen molar-refractivity contribution >= 4 is 12.1 Å². The third-order valence-electron chi connectivity index (χ3n) is 7.49. The number of unbranched alkanes of at least 4 members (excludes halogenated alkanes) is 2. The van der Waals surface area contributed by atoms with Crippen LogP contribution >= 0.6 is 0 Å². The van der Waals surface area contributed by atoms with Gasteiger partial charge in [0.15, 0.2) is 0 Å². The fraction of sp³-hybridized carbons (Fsp3) is 0.625. The molecule has 0 bridgehead atoms.